The molecule has 2 rings (SSSR count). The standard InChI is InChI=1S/C12H19N3O2/c1-9-12(16,6-7-17-9)8-14-11-5-3-4-10(13-2)15-11/h3-5,9,16H,6-8H2,1-2H3,(H2,13,14,15). The van der Waals surface area contributed by atoms with E-state index in [1.807, 2.05) is 32.2 Å². The summed E-state index contributed by atoms with van der Waals surface area (Å²) in [5.41, 5.74) is -0.794. The van der Waals surface area contributed by atoms with E-state index in [1.54, 1.807) is 0 Å². The molecule has 1 aromatic rings. The number of pyridine rings is 1. The molecule has 0 radical (unpaired) electrons. The van der Waals surface area contributed by atoms with Crippen LogP contribution in [0.2, 0.25) is 0 Å². The molecule has 1 fully saturated rings. The van der Waals surface area contributed by atoms with Crippen LogP contribution in [0.5, 0.6) is 0 Å². The quantitative estimate of drug-likeness (QED) is 0.731. The largest absolute Gasteiger partial charge is 0.385 e. The van der Waals surface area contributed by atoms with E-state index < -0.39 is 5.60 Å². The van der Waals surface area contributed by atoms with Crippen LogP contribution in [-0.4, -0.2) is 42.0 Å². The van der Waals surface area contributed by atoms with Crippen LogP contribution in [0.15, 0.2) is 18.2 Å². The first kappa shape index (κ1) is 12.1. The second kappa shape index (κ2) is 4.89. The lowest BCUT2D eigenvalue weighted by Crippen LogP contribution is -2.43. The summed E-state index contributed by atoms with van der Waals surface area (Å²) in [5, 5.41) is 16.4. The summed E-state index contributed by atoms with van der Waals surface area (Å²) in [7, 11) is 1.83. The summed E-state index contributed by atoms with van der Waals surface area (Å²) in [6.07, 6.45) is 0.523. The summed E-state index contributed by atoms with van der Waals surface area (Å²) in [6.45, 7) is 2.96. The van der Waals surface area contributed by atoms with Crippen molar-refractivity contribution >= 4 is 11.6 Å². The van der Waals surface area contributed by atoms with Crippen LogP contribution in [0.3, 0.4) is 0 Å². The Labute approximate surface area is 101 Å². The van der Waals surface area contributed by atoms with Crippen LogP contribution >= 0.6 is 0 Å². The molecule has 1 aromatic heterocycles. The fraction of sp³-hybridized carbons (Fsp3) is 0.583. The van der Waals surface area contributed by atoms with Crippen molar-refractivity contribution in [2.45, 2.75) is 25.0 Å². The third kappa shape index (κ3) is 2.68. The first-order chi connectivity index (χ1) is 8.14. The van der Waals surface area contributed by atoms with Gasteiger partial charge in [-0.05, 0) is 19.1 Å². The fourth-order valence-electron chi connectivity index (χ4n) is 1.92. The Morgan fingerprint density at radius 2 is 2.29 bits per heavy atom. The van der Waals surface area contributed by atoms with E-state index >= 15 is 0 Å². The molecule has 2 unspecified atom stereocenters. The Kier molecular flexibility index (Phi) is 3.49. The summed E-state index contributed by atoms with van der Waals surface area (Å²) in [5.74, 6) is 1.56. The minimum atomic E-state index is -0.794. The topological polar surface area (TPSA) is 66.4 Å². The average Bonchev–Trinajstić information content (AvgIpc) is 2.68. The van der Waals surface area contributed by atoms with E-state index in [1.165, 1.54) is 0 Å². The first-order valence-corrected chi connectivity index (χ1v) is 5.87. The number of hydrogen-bond donors (Lipinski definition) is 3. The number of hydrogen-bond acceptors (Lipinski definition) is 5. The highest BCUT2D eigenvalue weighted by molar-refractivity contribution is 5.44. The lowest BCUT2D eigenvalue weighted by Gasteiger charge is -2.26. The second-order valence-electron chi connectivity index (χ2n) is 4.38. The van der Waals surface area contributed by atoms with Crippen molar-refractivity contribution in [3.05, 3.63) is 18.2 Å². The van der Waals surface area contributed by atoms with Gasteiger partial charge in [0.05, 0.1) is 6.10 Å². The molecule has 17 heavy (non-hydrogen) atoms. The fourth-order valence-corrected chi connectivity index (χ4v) is 1.92. The minimum absolute atomic E-state index is 0.137. The Hall–Kier alpha value is -1.33. The van der Waals surface area contributed by atoms with Gasteiger partial charge in [-0.3, -0.25) is 0 Å². The molecule has 94 valence electrons. The van der Waals surface area contributed by atoms with Crippen LogP contribution in [0.25, 0.3) is 0 Å². The number of aliphatic hydroxyl groups is 1. The van der Waals surface area contributed by atoms with Crippen LogP contribution in [-0.2, 0) is 4.74 Å². The summed E-state index contributed by atoms with van der Waals surface area (Å²) in [6, 6.07) is 5.69. The maximum Gasteiger partial charge on any atom is 0.128 e. The minimum Gasteiger partial charge on any atom is -0.385 e. The van der Waals surface area contributed by atoms with E-state index in [-0.39, 0.29) is 6.10 Å². The maximum atomic E-state index is 10.3. The third-order valence-electron chi connectivity index (χ3n) is 3.24. The number of anilines is 2. The molecule has 2 heterocycles. The molecule has 2 atom stereocenters. The van der Waals surface area contributed by atoms with Gasteiger partial charge in [0.25, 0.3) is 0 Å². The molecule has 0 spiro atoms. The smallest absolute Gasteiger partial charge is 0.128 e. The molecular formula is C12H19N3O2. The van der Waals surface area contributed by atoms with Gasteiger partial charge in [0.2, 0.25) is 0 Å². The number of ether oxygens (including phenoxy) is 1. The van der Waals surface area contributed by atoms with E-state index in [9.17, 15) is 5.11 Å². The van der Waals surface area contributed by atoms with Gasteiger partial charge < -0.3 is 20.5 Å². The molecule has 1 aliphatic heterocycles. The summed E-state index contributed by atoms with van der Waals surface area (Å²) in [4.78, 5) is 4.33. The SMILES string of the molecule is CNc1cccc(NCC2(O)CCOC2C)n1. The van der Waals surface area contributed by atoms with E-state index in [0.29, 0.717) is 19.6 Å². The molecule has 0 aromatic carbocycles. The van der Waals surface area contributed by atoms with Crippen molar-refractivity contribution in [3.8, 4) is 0 Å². The Morgan fingerprint density at radius 3 is 2.94 bits per heavy atom. The van der Waals surface area contributed by atoms with E-state index in [0.717, 1.165) is 11.6 Å². The number of nitrogens with zero attached hydrogens (tertiary/aromatic N) is 1. The van der Waals surface area contributed by atoms with Crippen molar-refractivity contribution in [3.63, 3.8) is 0 Å². The van der Waals surface area contributed by atoms with Gasteiger partial charge in [0.15, 0.2) is 0 Å². The van der Waals surface area contributed by atoms with Gasteiger partial charge in [-0.1, -0.05) is 6.07 Å². The Balaban J connectivity index is 1.97. The van der Waals surface area contributed by atoms with Crippen molar-refractivity contribution in [2.24, 2.45) is 0 Å². The van der Waals surface area contributed by atoms with Gasteiger partial charge in [-0.15, -0.1) is 0 Å². The van der Waals surface area contributed by atoms with Gasteiger partial charge in [-0.2, -0.15) is 0 Å². The maximum absolute atomic E-state index is 10.3. The zero-order valence-corrected chi connectivity index (χ0v) is 10.2. The van der Waals surface area contributed by atoms with Gasteiger partial charge in [-0.25, -0.2) is 4.98 Å². The molecule has 1 aliphatic rings. The Bertz CT molecular complexity index is 386. The predicted octanol–water partition coefficient (Wildman–Crippen LogP) is 1.08. The molecule has 1 saturated heterocycles. The van der Waals surface area contributed by atoms with E-state index in [4.69, 9.17) is 4.74 Å². The third-order valence-corrected chi connectivity index (χ3v) is 3.24. The van der Waals surface area contributed by atoms with Gasteiger partial charge >= 0.3 is 0 Å². The van der Waals surface area contributed by atoms with Crippen LogP contribution in [0, 0.1) is 0 Å². The van der Waals surface area contributed by atoms with Crippen molar-refractivity contribution in [1.29, 1.82) is 0 Å². The number of aromatic nitrogens is 1. The number of rotatable bonds is 4. The number of nitrogens with one attached hydrogen (secondary N) is 2. The first-order valence-electron chi connectivity index (χ1n) is 5.87. The lowest BCUT2D eigenvalue weighted by molar-refractivity contribution is -0.0176. The summed E-state index contributed by atoms with van der Waals surface area (Å²) >= 11 is 0. The lowest BCUT2D eigenvalue weighted by atomic mass is 9.97. The zero-order chi connectivity index (χ0) is 12.3. The highest BCUT2D eigenvalue weighted by Gasteiger charge is 2.39. The van der Waals surface area contributed by atoms with Crippen molar-refractivity contribution in [2.75, 3.05) is 30.8 Å². The molecule has 0 saturated carbocycles. The molecule has 3 N–H and O–H groups in total. The molecule has 5 heteroatoms. The van der Waals surface area contributed by atoms with Gasteiger partial charge in [0.1, 0.15) is 17.2 Å². The monoisotopic (exact) mass is 237 g/mol. The molecule has 0 bridgehead atoms. The zero-order valence-electron chi connectivity index (χ0n) is 10.2. The molecular weight excluding hydrogens is 218 g/mol. The average molecular weight is 237 g/mol. The van der Waals surface area contributed by atoms with Crippen molar-refractivity contribution in [1.82, 2.24) is 4.98 Å². The highest BCUT2D eigenvalue weighted by Crippen LogP contribution is 2.25. The normalized spacial score (nSPS) is 28.1. The van der Waals surface area contributed by atoms with E-state index in [2.05, 4.69) is 15.6 Å². The van der Waals surface area contributed by atoms with Gasteiger partial charge in [0, 0.05) is 26.6 Å². The van der Waals surface area contributed by atoms with Crippen LogP contribution < -0.4 is 10.6 Å². The van der Waals surface area contributed by atoms with Crippen LogP contribution in [0.1, 0.15) is 13.3 Å². The predicted molar refractivity (Wildman–Crippen MR) is 67.3 cm³/mol. The van der Waals surface area contributed by atoms with Crippen molar-refractivity contribution < 1.29 is 9.84 Å². The molecule has 5 nitrogen and oxygen atoms in total. The second-order valence-corrected chi connectivity index (χ2v) is 4.38. The molecule has 0 aliphatic carbocycles. The van der Waals surface area contributed by atoms with Crippen LogP contribution in [0.4, 0.5) is 11.6 Å². The Morgan fingerprint density at radius 1 is 1.53 bits per heavy atom. The summed E-state index contributed by atoms with van der Waals surface area (Å²) < 4.78 is 5.38. The highest BCUT2D eigenvalue weighted by atomic mass is 16.5. The molecule has 0 amide bonds.